The first-order valence-electron chi connectivity index (χ1n) is 9.11. The second kappa shape index (κ2) is 9.51. The van der Waals surface area contributed by atoms with Crippen LogP contribution in [0.25, 0.3) is 10.6 Å². The quantitative estimate of drug-likeness (QED) is 0.349. The molecule has 4 aromatic rings. The largest absolute Gasteiger partial charge is 0.325 e. The molecule has 0 saturated heterocycles. The number of aromatic nitrogens is 2. The Bertz CT molecular complexity index is 1150. The standard InChI is InChI=1S/C22H17FN4OS2/c23-18-12-6-4-8-15(18)14-29-19-13-7-5-11-17(19)20-26-27-22(30-20)25-21(28)24-16-9-2-1-3-10-16/h1-13H,14H2,(H2,24,25,27,28). The number of rotatable bonds is 6. The van der Waals surface area contributed by atoms with Gasteiger partial charge >= 0.3 is 6.03 Å². The predicted molar refractivity (Wildman–Crippen MR) is 120 cm³/mol. The lowest BCUT2D eigenvalue weighted by atomic mass is 10.2. The van der Waals surface area contributed by atoms with Crippen LogP contribution in [0.5, 0.6) is 0 Å². The van der Waals surface area contributed by atoms with E-state index in [1.165, 1.54) is 29.2 Å². The lowest BCUT2D eigenvalue weighted by Crippen LogP contribution is -2.19. The van der Waals surface area contributed by atoms with Crippen molar-refractivity contribution in [3.63, 3.8) is 0 Å². The van der Waals surface area contributed by atoms with Gasteiger partial charge in [-0.2, -0.15) is 0 Å². The molecule has 1 heterocycles. The topological polar surface area (TPSA) is 66.9 Å². The molecule has 4 rings (SSSR count). The van der Waals surface area contributed by atoms with Crippen LogP contribution in [0.4, 0.5) is 20.0 Å². The van der Waals surface area contributed by atoms with E-state index in [9.17, 15) is 9.18 Å². The molecule has 2 amide bonds. The summed E-state index contributed by atoms with van der Waals surface area (Å²) in [4.78, 5) is 13.1. The fraction of sp³-hybridized carbons (Fsp3) is 0.0455. The zero-order valence-corrected chi connectivity index (χ0v) is 17.3. The number of amides is 2. The summed E-state index contributed by atoms with van der Waals surface area (Å²) in [6.45, 7) is 0. The van der Waals surface area contributed by atoms with E-state index in [0.29, 0.717) is 27.1 Å². The van der Waals surface area contributed by atoms with E-state index in [2.05, 4.69) is 20.8 Å². The number of para-hydroxylation sites is 1. The summed E-state index contributed by atoms with van der Waals surface area (Å²) in [5.41, 5.74) is 2.23. The number of nitrogens with zero attached hydrogens (tertiary/aromatic N) is 2. The van der Waals surface area contributed by atoms with Gasteiger partial charge < -0.3 is 5.32 Å². The highest BCUT2D eigenvalue weighted by Gasteiger charge is 2.13. The average molecular weight is 437 g/mol. The Hall–Kier alpha value is -3.23. The first-order valence-corrected chi connectivity index (χ1v) is 10.9. The Morgan fingerprint density at radius 1 is 0.900 bits per heavy atom. The molecule has 0 spiro atoms. The van der Waals surface area contributed by atoms with Gasteiger partial charge in [0.05, 0.1) is 0 Å². The van der Waals surface area contributed by atoms with Gasteiger partial charge in [0.2, 0.25) is 5.13 Å². The van der Waals surface area contributed by atoms with Crippen LogP contribution in [-0.4, -0.2) is 16.2 Å². The number of hydrogen-bond donors (Lipinski definition) is 2. The van der Waals surface area contributed by atoms with Crippen LogP contribution in [0.15, 0.2) is 83.8 Å². The van der Waals surface area contributed by atoms with E-state index >= 15 is 0 Å². The number of carbonyl (C=O) groups excluding carboxylic acids is 1. The molecule has 5 nitrogen and oxygen atoms in total. The molecule has 0 unspecified atom stereocenters. The van der Waals surface area contributed by atoms with Gasteiger partial charge in [-0.25, -0.2) is 9.18 Å². The smallest absolute Gasteiger partial charge is 0.308 e. The highest BCUT2D eigenvalue weighted by molar-refractivity contribution is 7.98. The number of halogens is 1. The number of carbonyl (C=O) groups is 1. The molecule has 0 fully saturated rings. The second-order valence-corrected chi connectivity index (χ2v) is 8.23. The SMILES string of the molecule is O=C(Nc1ccccc1)Nc1nnc(-c2ccccc2SCc2ccccc2F)s1. The molecule has 0 radical (unpaired) electrons. The molecule has 30 heavy (non-hydrogen) atoms. The third kappa shape index (κ3) is 5.03. The fourth-order valence-corrected chi connectivity index (χ4v) is 4.59. The van der Waals surface area contributed by atoms with E-state index in [-0.39, 0.29) is 11.8 Å². The maximum atomic E-state index is 13.9. The van der Waals surface area contributed by atoms with Crippen LogP contribution < -0.4 is 10.6 Å². The summed E-state index contributed by atoms with van der Waals surface area (Å²) in [5.74, 6) is 0.293. The van der Waals surface area contributed by atoms with Gasteiger partial charge in [0.15, 0.2) is 5.01 Å². The average Bonchev–Trinajstić information content (AvgIpc) is 3.22. The van der Waals surface area contributed by atoms with Crippen molar-refractivity contribution in [2.45, 2.75) is 10.6 Å². The van der Waals surface area contributed by atoms with Gasteiger partial charge in [0, 0.05) is 21.9 Å². The zero-order valence-electron chi connectivity index (χ0n) is 15.7. The zero-order chi connectivity index (χ0) is 20.8. The molecule has 8 heteroatoms. The molecule has 0 aliphatic rings. The first-order chi connectivity index (χ1) is 14.7. The fourth-order valence-electron chi connectivity index (χ4n) is 2.70. The van der Waals surface area contributed by atoms with Crippen molar-refractivity contribution in [3.05, 3.63) is 90.2 Å². The summed E-state index contributed by atoms with van der Waals surface area (Å²) in [7, 11) is 0. The Morgan fingerprint density at radius 2 is 1.63 bits per heavy atom. The number of thioether (sulfide) groups is 1. The van der Waals surface area contributed by atoms with E-state index in [1.54, 1.807) is 24.3 Å². The van der Waals surface area contributed by atoms with Gasteiger partial charge in [-0.1, -0.05) is 65.9 Å². The minimum absolute atomic E-state index is 0.214. The Labute approximate surface area is 181 Å². The normalized spacial score (nSPS) is 10.6. The van der Waals surface area contributed by atoms with Crippen LogP contribution in [-0.2, 0) is 5.75 Å². The minimum atomic E-state index is -0.383. The summed E-state index contributed by atoms with van der Waals surface area (Å²) >= 11 is 2.82. The Morgan fingerprint density at radius 3 is 2.47 bits per heavy atom. The summed E-state index contributed by atoms with van der Waals surface area (Å²) < 4.78 is 13.9. The summed E-state index contributed by atoms with van der Waals surface area (Å²) in [6.07, 6.45) is 0. The summed E-state index contributed by atoms with van der Waals surface area (Å²) in [6, 6.07) is 23.3. The molecule has 3 aromatic carbocycles. The molecule has 0 atom stereocenters. The maximum absolute atomic E-state index is 13.9. The van der Waals surface area contributed by atoms with Crippen molar-refractivity contribution in [2.24, 2.45) is 0 Å². The number of anilines is 2. The second-order valence-electron chi connectivity index (χ2n) is 6.23. The lowest BCUT2D eigenvalue weighted by molar-refractivity contribution is 0.262. The molecule has 0 bridgehead atoms. The lowest BCUT2D eigenvalue weighted by Gasteiger charge is -2.07. The number of benzene rings is 3. The number of urea groups is 1. The molecule has 1 aromatic heterocycles. The van der Waals surface area contributed by atoms with Crippen molar-refractivity contribution in [2.75, 3.05) is 10.6 Å². The number of nitrogens with one attached hydrogen (secondary N) is 2. The van der Waals surface area contributed by atoms with E-state index < -0.39 is 0 Å². The van der Waals surface area contributed by atoms with Gasteiger partial charge in [-0.3, -0.25) is 5.32 Å². The van der Waals surface area contributed by atoms with Crippen LogP contribution in [0.1, 0.15) is 5.56 Å². The molecule has 150 valence electrons. The Balaban J connectivity index is 1.45. The van der Waals surface area contributed by atoms with Crippen molar-refractivity contribution in [3.8, 4) is 10.6 Å². The van der Waals surface area contributed by atoms with Gasteiger partial charge in [0.1, 0.15) is 5.82 Å². The molecule has 2 N–H and O–H groups in total. The molecular formula is C22H17FN4OS2. The van der Waals surface area contributed by atoms with E-state index in [0.717, 1.165) is 10.5 Å². The monoisotopic (exact) mass is 436 g/mol. The van der Waals surface area contributed by atoms with Gasteiger partial charge in [0.25, 0.3) is 0 Å². The van der Waals surface area contributed by atoms with Crippen LogP contribution >= 0.6 is 23.1 Å². The van der Waals surface area contributed by atoms with Gasteiger partial charge in [-0.15, -0.1) is 22.0 Å². The van der Waals surface area contributed by atoms with Crippen molar-refractivity contribution >= 4 is 39.9 Å². The third-order valence-corrected chi connectivity index (χ3v) is 6.13. The predicted octanol–water partition coefficient (Wildman–Crippen LogP) is 6.28. The number of hydrogen-bond acceptors (Lipinski definition) is 5. The molecule has 0 aliphatic heterocycles. The van der Waals surface area contributed by atoms with Crippen LogP contribution in [0.3, 0.4) is 0 Å². The third-order valence-electron chi connectivity index (χ3n) is 4.14. The highest BCUT2D eigenvalue weighted by atomic mass is 32.2. The van der Waals surface area contributed by atoms with Crippen molar-refractivity contribution in [1.29, 1.82) is 0 Å². The van der Waals surface area contributed by atoms with E-state index in [1.807, 2.05) is 48.5 Å². The molecule has 0 saturated carbocycles. The van der Waals surface area contributed by atoms with Crippen LogP contribution in [0.2, 0.25) is 0 Å². The highest BCUT2D eigenvalue weighted by Crippen LogP contribution is 2.36. The maximum Gasteiger partial charge on any atom is 0.325 e. The van der Waals surface area contributed by atoms with E-state index in [4.69, 9.17) is 0 Å². The van der Waals surface area contributed by atoms with Gasteiger partial charge in [-0.05, 0) is 29.8 Å². The summed E-state index contributed by atoms with van der Waals surface area (Å²) in [5, 5.41) is 14.8. The van der Waals surface area contributed by atoms with Crippen molar-refractivity contribution in [1.82, 2.24) is 10.2 Å². The van der Waals surface area contributed by atoms with Crippen molar-refractivity contribution < 1.29 is 9.18 Å². The molecule has 0 aliphatic carbocycles. The Kier molecular flexibility index (Phi) is 6.36. The first kappa shape index (κ1) is 20.1. The minimum Gasteiger partial charge on any atom is -0.308 e. The molecular weight excluding hydrogens is 419 g/mol. The van der Waals surface area contributed by atoms with Crippen LogP contribution in [0, 0.1) is 5.82 Å².